The van der Waals surface area contributed by atoms with E-state index < -0.39 is 5.97 Å². The number of aromatic nitrogens is 1. The lowest BCUT2D eigenvalue weighted by atomic mass is 10.2. The zero-order valence-corrected chi connectivity index (χ0v) is 9.98. The van der Waals surface area contributed by atoms with Crippen LogP contribution in [0.4, 0.5) is 5.69 Å². The molecule has 0 saturated heterocycles. The lowest BCUT2D eigenvalue weighted by molar-refractivity contribution is 0.0697. The van der Waals surface area contributed by atoms with Crippen LogP contribution in [0.15, 0.2) is 18.5 Å². The monoisotopic (exact) mass is 238 g/mol. The van der Waals surface area contributed by atoms with Crippen molar-refractivity contribution in [1.29, 1.82) is 0 Å². The second-order valence-corrected chi connectivity index (χ2v) is 3.62. The van der Waals surface area contributed by atoms with Gasteiger partial charge >= 0.3 is 5.97 Å². The number of nitrogens with zero attached hydrogens (tertiary/aromatic N) is 1. The maximum absolute atomic E-state index is 10.9. The van der Waals surface area contributed by atoms with Crippen LogP contribution in [-0.2, 0) is 4.74 Å². The van der Waals surface area contributed by atoms with Gasteiger partial charge in [-0.2, -0.15) is 0 Å². The number of carboxylic acids is 1. The Labute approximate surface area is 101 Å². The van der Waals surface area contributed by atoms with Crippen LogP contribution in [0.3, 0.4) is 0 Å². The number of ether oxygens (including phenoxy) is 1. The summed E-state index contributed by atoms with van der Waals surface area (Å²) in [5.41, 5.74) is 0.796. The summed E-state index contributed by atoms with van der Waals surface area (Å²) in [4.78, 5) is 14.7. The Kier molecular flexibility index (Phi) is 6.03. The number of aromatic carboxylic acids is 1. The molecule has 0 saturated carbocycles. The van der Waals surface area contributed by atoms with Gasteiger partial charge in [0.25, 0.3) is 0 Å². The minimum atomic E-state index is -0.970. The molecule has 0 atom stereocenters. The third-order valence-corrected chi connectivity index (χ3v) is 2.18. The Morgan fingerprint density at radius 2 is 2.35 bits per heavy atom. The number of hydrogen-bond acceptors (Lipinski definition) is 4. The molecule has 0 spiro atoms. The fourth-order valence-electron chi connectivity index (χ4n) is 1.36. The quantitative estimate of drug-likeness (QED) is 0.678. The highest BCUT2D eigenvalue weighted by Gasteiger charge is 2.08. The molecule has 0 radical (unpaired) electrons. The Morgan fingerprint density at radius 1 is 1.53 bits per heavy atom. The van der Waals surface area contributed by atoms with Crippen LogP contribution in [0.5, 0.6) is 0 Å². The summed E-state index contributed by atoms with van der Waals surface area (Å²) in [6.45, 7) is 4.21. The van der Waals surface area contributed by atoms with Gasteiger partial charge in [0, 0.05) is 32.2 Å². The number of carboxylic acid groups (broad SMARTS) is 1. The van der Waals surface area contributed by atoms with Crippen LogP contribution in [0.25, 0.3) is 0 Å². The van der Waals surface area contributed by atoms with Crippen molar-refractivity contribution in [3.05, 3.63) is 24.0 Å². The maximum Gasteiger partial charge on any atom is 0.339 e. The van der Waals surface area contributed by atoms with E-state index in [2.05, 4.69) is 17.2 Å². The van der Waals surface area contributed by atoms with Gasteiger partial charge in [-0.25, -0.2) is 4.79 Å². The summed E-state index contributed by atoms with van der Waals surface area (Å²) in [6.07, 6.45) is 4.78. The molecule has 17 heavy (non-hydrogen) atoms. The van der Waals surface area contributed by atoms with Gasteiger partial charge in [0.2, 0.25) is 0 Å². The van der Waals surface area contributed by atoms with Crippen LogP contribution >= 0.6 is 0 Å². The smallest absolute Gasteiger partial charge is 0.339 e. The molecule has 0 aliphatic carbocycles. The molecule has 1 rings (SSSR count). The number of hydrogen-bond donors (Lipinski definition) is 2. The van der Waals surface area contributed by atoms with Gasteiger partial charge in [0.15, 0.2) is 0 Å². The summed E-state index contributed by atoms with van der Waals surface area (Å²) in [5.74, 6) is -0.970. The average molecular weight is 238 g/mol. The van der Waals surface area contributed by atoms with Crippen molar-refractivity contribution in [1.82, 2.24) is 4.98 Å². The number of anilines is 1. The predicted octanol–water partition coefficient (Wildman–Crippen LogP) is 2.01. The van der Waals surface area contributed by atoms with Gasteiger partial charge in [0.1, 0.15) is 5.56 Å². The average Bonchev–Trinajstić information content (AvgIpc) is 2.34. The molecule has 1 aromatic heterocycles. The minimum absolute atomic E-state index is 0.196. The van der Waals surface area contributed by atoms with Crippen molar-refractivity contribution in [3.8, 4) is 0 Å². The SMILES string of the molecule is CCCOCCCNc1ccncc1C(=O)O. The molecule has 1 aromatic rings. The first-order valence-corrected chi connectivity index (χ1v) is 5.74. The number of nitrogens with one attached hydrogen (secondary N) is 1. The Bertz CT molecular complexity index is 355. The lowest BCUT2D eigenvalue weighted by Gasteiger charge is -2.08. The van der Waals surface area contributed by atoms with E-state index in [-0.39, 0.29) is 5.56 Å². The van der Waals surface area contributed by atoms with Gasteiger partial charge in [0.05, 0.1) is 5.69 Å². The summed E-state index contributed by atoms with van der Waals surface area (Å²) >= 11 is 0. The van der Waals surface area contributed by atoms with E-state index in [4.69, 9.17) is 9.84 Å². The minimum Gasteiger partial charge on any atom is -0.478 e. The number of pyridine rings is 1. The van der Waals surface area contributed by atoms with Gasteiger partial charge < -0.3 is 15.2 Å². The molecule has 94 valence electrons. The van der Waals surface area contributed by atoms with E-state index in [0.29, 0.717) is 18.8 Å². The predicted molar refractivity (Wildman–Crippen MR) is 65.4 cm³/mol. The molecular weight excluding hydrogens is 220 g/mol. The highest BCUT2D eigenvalue weighted by molar-refractivity contribution is 5.93. The molecule has 0 bridgehead atoms. The topological polar surface area (TPSA) is 71.5 Å². The van der Waals surface area contributed by atoms with Gasteiger partial charge in [-0.05, 0) is 18.9 Å². The van der Waals surface area contributed by atoms with E-state index in [1.165, 1.54) is 6.20 Å². The van der Waals surface area contributed by atoms with Crippen LogP contribution in [0.2, 0.25) is 0 Å². The number of carbonyl (C=O) groups is 1. The highest BCUT2D eigenvalue weighted by atomic mass is 16.5. The van der Waals surface area contributed by atoms with Crippen molar-refractivity contribution < 1.29 is 14.6 Å². The molecule has 0 aliphatic rings. The van der Waals surface area contributed by atoms with Gasteiger partial charge in [-0.3, -0.25) is 4.98 Å². The molecule has 0 aliphatic heterocycles. The fraction of sp³-hybridized carbons (Fsp3) is 0.500. The third-order valence-electron chi connectivity index (χ3n) is 2.18. The van der Waals surface area contributed by atoms with Gasteiger partial charge in [-0.1, -0.05) is 6.92 Å². The summed E-state index contributed by atoms with van der Waals surface area (Å²) in [5, 5.41) is 12.0. The summed E-state index contributed by atoms with van der Waals surface area (Å²) in [7, 11) is 0. The van der Waals surface area contributed by atoms with Crippen molar-refractivity contribution in [2.24, 2.45) is 0 Å². The van der Waals surface area contributed by atoms with Gasteiger partial charge in [-0.15, -0.1) is 0 Å². The summed E-state index contributed by atoms with van der Waals surface area (Å²) in [6, 6.07) is 1.66. The normalized spacial score (nSPS) is 10.2. The molecule has 0 unspecified atom stereocenters. The molecule has 5 heteroatoms. The lowest BCUT2D eigenvalue weighted by Crippen LogP contribution is -2.10. The third kappa shape index (κ3) is 4.82. The first-order chi connectivity index (χ1) is 8.25. The van der Waals surface area contributed by atoms with Crippen molar-refractivity contribution in [2.75, 3.05) is 25.1 Å². The Balaban J connectivity index is 2.34. The molecule has 0 amide bonds. The van der Waals surface area contributed by atoms with E-state index in [0.717, 1.165) is 19.4 Å². The standard InChI is InChI=1S/C12H18N2O3/c1-2-7-17-8-3-5-14-11-4-6-13-9-10(11)12(15)16/h4,6,9H,2-3,5,7-8H2,1H3,(H,13,14)(H,15,16). The second kappa shape index (κ2) is 7.62. The fourth-order valence-corrected chi connectivity index (χ4v) is 1.36. The molecule has 0 fully saturated rings. The maximum atomic E-state index is 10.9. The molecule has 1 heterocycles. The van der Waals surface area contributed by atoms with E-state index >= 15 is 0 Å². The zero-order chi connectivity index (χ0) is 12.5. The molecule has 2 N–H and O–H groups in total. The Morgan fingerprint density at radius 3 is 3.06 bits per heavy atom. The van der Waals surface area contributed by atoms with E-state index in [1.807, 2.05) is 0 Å². The molecule has 0 aromatic carbocycles. The first-order valence-electron chi connectivity index (χ1n) is 5.74. The Hall–Kier alpha value is -1.62. The van der Waals surface area contributed by atoms with Crippen LogP contribution in [0.1, 0.15) is 30.1 Å². The van der Waals surface area contributed by atoms with Crippen molar-refractivity contribution in [3.63, 3.8) is 0 Å². The first kappa shape index (κ1) is 13.4. The van der Waals surface area contributed by atoms with Crippen molar-refractivity contribution >= 4 is 11.7 Å². The van der Waals surface area contributed by atoms with Crippen molar-refractivity contribution in [2.45, 2.75) is 19.8 Å². The zero-order valence-electron chi connectivity index (χ0n) is 9.98. The second-order valence-electron chi connectivity index (χ2n) is 3.62. The van der Waals surface area contributed by atoms with E-state index in [9.17, 15) is 4.79 Å². The summed E-state index contributed by atoms with van der Waals surface area (Å²) < 4.78 is 5.33. The number of rotatable bonds is 8. The van der Waals surface area contributed by atoms with Crippen LogP contribution in [0, 0.1) is 0 Å². The highest BCUT2D eigenvalue weighted by Crippen LogP contribution is 2.12. The largest absolute Gasteiger partial charge is 0.478 e. The van der Waals surface area contributed by atoms with E-state index in [1.54, 1.807) is 12.3 Å². The molecular formula is C12H18N2O3. The van der Waals surface area contributed by atoms with Crippen LogP contribution < -0.4 is 5.32 Å². The molecule has 5 nitrogen and oxygen atoms in total. The van der Waals surface area contributed by atoms with Crippen LogP contribution in [-0.4, -0.2) is 35.8 Å².